The second kappa shape index (κ2) is 10.7. The number of carbonyl (C=O) groups is 1. The van der Waals surface area contributed by atoms with Crippen molar-refractivity contribution in [2.75, 3.05) is 4.90 Å². The molecule has 2 bridgehead atoms. The molecule has 1 saturated carbocycles. The van der Waals surface area contributed by atoms with E-state index in [0.29, 0.717) is 30.2 Å². The number of nitrogens with zero attached hydrogens (tertiary/aromatic N) is 5. The number of ether oxygens (including phenoxy) is 2. The molecule has 11 nitrogen and oxygen atoms in total. The Kier molecular flexibility index (Phi) is 6.79. The van der Waals surface area contributed by atoms with Crippen molar-refractivity contribution in [2.45, 2.75) is 75.6 Å². The van der Waals surface area contributed by atoms with Gasteiger partial charge >= 0.3 is 18.3 Å². The van der Waals surface area contributed by atoms with E-state index in [1.807, 2.05) is 0 Å². The van der Waals surface area contributed by atoms with Gasteiger partial charge in [-0.25, -0.2) is 4.79 Å². The molecule has 3 aliphatic rings. The van der Waals surface area contributed by atoms with Gasteiger partial charge in [0.15, 0.2) is 0 Å². The molecule has 14 heteroatoms. The fourth-order valence-electron chi connectivity index (χ4n) is 6.16. The highest BCUT2D eigenvalue weighted by atomic mass is 19.4. The van der Waals surface area contributed by atoms with Gasteiger partial charge in [0.1, 0.15) is 22.9 Å². The summed E-state index contributed by atoms with van der Waals surface area (Å²) in [5, 5.41) is 21.9. The lowest BCUT2D eigenvalue weighted by Gasteiger charge is -2.37. The van der Waals surface area contributed by atoms with Crippen LogP contribution in [-0.4, -0.2) is 56.0 Å². The number of carboxylic acid groups (broad SMARTS) is 1. The number of hydrogen-bond donors (Lipinski definition) is 1. The van der Waals surface area contributed by atoms with Crippen molar-refractivity contribution >= 4 is 12.0 Å². The monoisotopic (exact) mass is 597 g/mol. The lowest BCUT2D eigenvalue weighted by atomic mass is 9.99. The Morgan fingerprint density at radius 1 is 1.02 bits per heavy atom. The van der Waals surface area contributed by atoms with Gasteiger partial charge in [0.2, 0.25) is 0 Å². The van der Waals surface area contributed by atoms with Crippen LogP contribution in [0.3, 0.4) is 0 Å². The first-order valence-electron chi connectivity index (χ1n) is 14.0. The average Bonchev–Trinajstić information content (AvgIpc) is 3.44. The van der Waals surface area contributed by atoms with Crippen LogP contribution in [0.15, 0.2) is 51.5 Å². The quantitative estimate of drug-likeness (QED) is 0.244. The minimum Gasteiger partial charge on any atom is -0.478 e. The number of para-hydroxylation sites is 1. The molecule has 224 valence electrons. The van der Waals surface area contributed by atoms with E-state index in [9.17, 15) is 23.1 Å². The van der Waals surface area contributed by atoms with Gasteiger partial charge in [-0.1, -0.05) is 22.4 Å². The number of fused-ring (bicyclic) bond motifs is 2. The normalized spacial score (nSPS) is 21.7. The summed E-state index contributed by atoms with van der Waals surface area (Å²) in [7, 11) is 0. The van der Waals surface area contributed by atoms with E-state index in [0.717, 1.165) is 25.7 Å². The number of hydrogen-bond acceptors (Lipinski definition) is 10. The predicted octanol–water partition coefficient (Wildman–Crippen LogP) is 5.98. The fraction of sp³-hybridized carbons (Fsp3) is 0.414. The molecule has 5 heterocycles. The zero-order chi connectivity index (χ0) is 29.7. The number of alkyl halides is 3. The maximum atomic E-state index is 13.1. The molecule has 1 unspecified atom stereocenters. The van der Waals surface area contributed by atoms with Gasteiger partial charge < -0.3 is 28.4 Å². The van der Waals surface area contributed by atoms with E-state index in [1.54, 1.807) is 6.07 Å². The van der Waals surface area contributed by atoms with E-state index >= 15 is 0 Å². The van der Waals surface area contributed by atoms with Crippen molar-refractivity contribution in [1.29, 1.82) is 0 Å². The number of carboxylic acids is 1. The Balaban J connectivity index is 1.08. The lowest BCUT2D eigenvalue weighted by Crippen LogP contribution is -2.45. The highest BCUT2D eigenvalue weighted by Gasteiger charge is 2.44. The SMILES string of the molecule is O=C(O)c1cccnc1-c1nnc(N2[C@@H]3CC[C@H]2CC(OCc2c(-c4ccccc4OC(F)(F)F)noc2C2CC2)C3)o1. The summed E-state index contributed by atoms with van der Waals surface area (Å²) in [6, 6.07) is 9.27. The summed E-state index contributed by atoms with van der Waals surface area (Å²) >= 11 is 0. The highest BCUT2D eigenvalue weighted by Crippen LogP contribution is 2.46. The second-order valence-corrected chi connectivity index (χ2v) is 11.0. The number of benzene rings is 1. The molecule has 3 fully saturated rings. The van der Waals surface area contributed by atoms with Crippen molar-refractivity contribution in [1.82, 2.24) is 20.3 Å². The van der Waals surface area contributed by atoms with Gasteiger partial charge in [-0.3, -0.25) is 4.98 Å². The molecule has 0 radical (unpaired) electrons. The Hall–Kier alpha value is -4.46. The third-order valence-electron chi connectivity index (χ3n) is 8.16. The van der Waals surface area contributed by atoms with Gasteiger partial charge in [0.05, 0.1) is 18.3 Å². The molecule has 0 spiro atoms. The van der Waals surface area contributed by atoms with Gasteiger partial charge in [-0.05, 0) is 62.8 Å². The Morgan fingerprint density at radius 3 is 2.51 bits per heavy atom. The van der Waals surface area contributed by atoms with Crippen molar-refractivity contribution < 1.29 is 41.5 Å². The predicted molar refractivity (Wildman–Crippen MR) is 142 cm³/mol. The molecule has 1 aromatic carbocycles. The minimum absolute atomic E-state index is 0.0287. The number of piperidine rings is 1. The van der Waals surface area contributed by atoms with Crippen molar-refractivity contribution in [3.05, 3.63) is 59.5 Å². The third kappa shape index (κ3) is 5.42. The van der Waals surface area contributed by atoms with Crippen LogP contribution in [0.4, 0.5) is 19.2 Å². The second-order valence-electron chi connectivity index (χ2n) is 11.0. The molecule has 1 aliphatic carbocycles. The van der Waals surface area contributed by atoms with Gasteiger partial charge in [-0.15, -0.1) is 18.3 Å². The van der Waals surface area contributed by atoms with Crippen LogP contribution in [0.5, 0.6) is 5.75 Å². The molecule has 3 aromatic heterocycles. The lowest BCUT2D eigenvalue weighted by molar-refractivity contribution is -0.274. The molecule has 43 heavy (non-hydrogen) atoms. The summed E-state index contributed by atoms with van der Waals surface area (Å²) in [5.74, 6) is -0.642. The van der Waals surface area contributed by atoms with Crippen LogP contribution < -0.4 is 9.64 Å². The molecular formula is C29H26F3N5O6. The maximum Gasteiger partial charge on any atom is 0.573 e. The van der Waals surface area contributed by atoms with Crippen LogP contribution in [0.25, 0.3) is 22.8 Å². The minimum atomic E-state index is -4.85. The maximum absolute atomic E-state index is 13.1. The Labute approximate surface area is 242 Å². The van der Waals surface area contributed by atoms with Crippen molar-refractivity contribution in [3.8, 4) is 28.6 Å². The number of rotatable bonds is 9. The smallest absolute Gasteiger partial charge is 0.478 e. The zero-order valence-corrected chi connectivity index (χ0v) is 22.7. The average molecular weight is 598 g/mol. The number of aromatic nitrogens is 4. The van der Waals surface area contributed by atoms with Crippen LogP contribution >= 0.6 is 0 Å². The summed E-state index contributed by atoms with van der Waals surface area (Å²) < 4.78 is 61.6. The summed E-state index contributed by atoms with van der Waals surface area (Å²) in [4.78, 5) is 17.8. The van der Waals surface area contributed by atoms with Crippen LogP contribution in [0, 0.1) is 0 Å². The number of pyridine rings is 1. The van der Waals surface area contributed by atoms with Crippen LogP contribution in [0.2, 0.25) is 0 Å². The Morgan fingerprint density at radius 2 is 1.79 bits per heavy atom. The fourth-order valence-corrected chi connectivity index (χ4v) is 6.16. The van der Waals surface area contributed by atoms with E-state index in [2.05, 4.69) is 30.0 Å². The molecule has 1 N–H and O–H groups in total. The largest absolute Gasteiger partial charge is 0.573 e. The molecule has 3 atom stereocenters. The van der Waals surface area contributed by atoms with Crippen molar-refractivity contribution in [2.24, 2.45) is 0 Å². The van der Waals surface area contributed by atoms with Crippen LogP contribution in [0.1, 0.15) is 66.1 Å². The molecular weight excluding hydrogens is 571 g/mol. The first-order valence-corrected chi connectivity index (χ1v) is 14.0. The number of halogens is 3. The first-order chi connectivity index (χ1) is 20.7. The molecule has 7 rings (SSSR count). The topological polar surface area (TPSA) is 137 Å². The summed E-state index contributed by atoms with van der Waals surface area (Å²) in [6.45, 7) is 0.136. The highest BCUT2D eigenvalue weighted by molar-refractivity contribution is 5.93. The summed E-state index contributed by atoms with van der Waals surface area (Å²) in [6.07, 6.45) is 1.46. The van der Waals surface area contributed by atoms with E-state index < -0.39 is 12.3 Å². The molecule has 2 saturated heterocycles. The van der Waals surface area contributed by atoms with Gasteiger partial charge in [0.25, 0.3) is 5.89 Å². The van der Waals surface area contributed by atoms with E-state index in [-0.39, 0.29) is 64.9 Å². The van der Waals surface area contributed by atoms with E-state index in [4.69, 9.17) is 13.7 Å². The molecule has 4 aromatic rings. The number of anilines is 1. The van der Waals surface area contributed by atoms with E-state index in [1.165, 1.54) is 36.5 Å². The summed E-state index contributed by atoms with van der Waals surface area (Å²) in [5.41, 5.74) is 1.20. The molecule has 2 aliphatic heterocycles. The zero-order valence-electron chi connectivity index (χ0n) is 22.7. The van der Waals surface area contributed by atoms with Crippen molar-refractivity contribution in [3.63, 3.8) is 0 Å². The standard InChI is InChI=1S/C29H26F3N5O6/c30-29(31,32)42-22-6-2-1-4-19(22)23-21(25(43-36-23)15-7-8-15)14-40-18-12-16-9-10-17(13-18)37(16)28-35-34-26(41-28)24-20(27(38)39)5-3-11-33-24/h1-6,11,15-18H,7-10,12-14H2,(H,38,39)/t16-,17+,18?. The first kappa shape index (κ1) is 27.4. The Bertz CT molecular complexity index is 1640. The molecule has 0 amide bonds. The number of aromatic carboxylic acids is 1. The third-order valence-corrected chi connectivity index (χ3v) is 8.16. The van der Waals surface area contributed by atoms with Gasteiger partial charge in [-0.2, -0.15) is 0 Å². The van der Waals surface area contributed by atoms with Crippen LogP contribution in [-0.2, 0) is 11.3 Å². The van der Waals surface area contributed by atoms with Gasteiger partial charge in [0, 0.05) is 35.3 Å².